The molecule has 0 bridgehead atoms. The van der Waals surface area contributed by atoms with Crippen LogP contribution >= 0.6 is 0 Å². The lowest BCUT2D eigenvalue weighted by atomic mass is 10.3. The molecule has 2 N–H and O–H groups in total. The average Bonchev–Trinajstić information content (AvgIpc) is 2.45. The molecule has 18 heavy (non-hydrogen) atoms. The monoisotopic (exact) mass is 251 g/mol. The van der Waals surface area contributed by atoms with E-state index < -0.39 is 0 Å². The van der Waals surface area contributed by atoms with Gasteiger partial charge < -0.3 is 15.4 Å². The minimum absolute atomic E-state index is 0.596. The van der Waals surface area contributed by atoms with Gasteiger partial charge >= 0.3 is 0 Å². The van der Waals surface area contributed by atoms with Crippen molar-refractivity contribution in [2.75, 3.05) is 57.4 Å². The lowest BCUT2D eigenvalue weighted by Gasteiger charge is -2.34. The highest BCUT2D eigenvalue weighted by Crippen LogP contribution is 2.09. The second kappa shape index (κ2) is 7.25. The van der Waals surface area contributed by atoms with Gasteiger partial charge in [0.1, 0.15) is 0 Å². The number of nitrogens with zero attached hydrogens (tertiary/aromatic N) is 4. The van der Waals surface area contributed by atoms with E-state index in [4.69, 9.17) is 10.5 Å². The van der Waals surface area contributed by atoms with Crippen molar-refractivity contribution in [3.8, 4) is 0 Å². The van der Waals surface area contributed by atoms with Gasteiger partial charge in [-0.05, 0) is 6.07 Å². The van der Waals surface area contributed by atoms with E-state index in [-0.39, 0.29) is 0 Å². The Kier molecular flexibility index (Phi) is 5.32. The van der Waals surface area contributed by atoms with E-state index in [1.165, 1.54) is 0 Å². The minimum Gasteiger partial charge on any atom is -0.379 e. The van der Waals surface area contributed by atoms with Crippen LogP contribution in [0.15, 0.2) is 18.5 Å². The van der Waals surface area contributed by atoms with E-state index >= 15 is 0 Å². The Morgan fingerprint density at radius 2 is 1.83 bits per heavy atom. The summed E-state index contributed by atoms with van der Waals surface area (Å²) in [6, 6.07) is 1.84. The molecule has 6 heteroatoms. The third kappa shape index (κ3) is 3.90. The second-order valence-electron chi connectivity index (χ2n) is 4.28. The molecule has 2 heterocycles. The summed E-state index contributed by atoms with van der Waals surface area (Å²) in [5.74, 6) is 0.830. The van der Waals surface area contributed by atoms with Crippen molar-refractivity contribution in [3.05, 3.63) is 18.5 Å². The maximum atomic E-state index is 5.39. The fraction of sp³-hybridized carbons (Fsp3) is 0.667. The van der Waals surface area contributed by atoms with Gasteiger partial charge in [0.2, 0.25) is 5.95 Å². The quantitative estimate of drug-likeness (QED) is 0.692. The molecular formula is C12H21N5O. The normalized spacial score (nSPS) is 17.1. The van der Waals surface area contributed by atoms with E-state index in [9.17, 15) is 0 Å². The van der Waals surface area contributed by atoms with Crippen LogP contribution in [0.2, 0.25) is 0 Å². The SMILES string of the molecule is NCCOCCN1CCN(c2ncccn2)CC1. The molecule has 0 unspecified atom stereocenters. The summed E-state index contributed by atoms with van der Waals surface area (Å²) in [5, 5.41) is 0. The van der Waals surface area contributed by atoms with E-state index in [1.807, 2.05) is 6.07 Å². The topological polar surface area (TPSA) is 67.5 Å². The van der Waals surface area contributed by atoms with Crippen molar-refractivity contribution in [2.24, 2.45) is 5.73 Å². The summed E-state index contributed by atoms with van der Waals surface area (Å²) in [4.78, 5) is 13.2. The van der Waals surface area contributed by atoms with Gasteiger partial charge in [0.25, 0.3) is 0 Å². The van der Waals surface area contributed by atoms with Gasteiger partial charge in [-0.2, -0.15) is 0 Å². The molecule has 1 aromatic heterocycles. The number of piperazine rings is 1. The largest absolute Gasteiger partial charge is 0.379 e. The van der Waals surface area contributed by atoms with E-state index in [2.05, 4.69) is 19.8 Å². The summed E-state index contributed by atoms with van der Waals surface area (Å²) in [7, 11) is 0. The molecule has 1 aliphatic rings. The van der Waals surface area contributed by atoms with Gasteiger partial charge in [-0.25, -0.2) is 9.97 Å². The van der Waals surface area contributed by atoms with Crippen molar-refractivity contribution in [1.29, 1.82) is 0 Å². The number of hydrogen-bond acceptors (Lipinski definition) is 6. The highest BCUT2D eigenvalue weighted by atomic mass is 16.5. The lowest BCUT2D eigenvalue weighted by molar-refractivity contribution is 0.107. The van der Waals surface area contributed by atoms with Crippen molar-refractivity contribution in [3.63, 3.8) is 0 Å². The molecule has 0 spiro atoms. The van der Waals surface area contributed by atoms with Gasteiger partial charge in [0.15, 0.2) is 0 Å². The summed E-state index contributed by atoms with van der Waals surface area (Å²) in [6.45, 7) is 7.00. The molecule has 0 aromatic carbocycles. The van der Waals surface area contributed by atoms with Crippen LogP contribution < -0.4 is 10.6 Å². The lowest BCUT2D eigenvalue weighted by Crippen LogP contribution is -2.47. The number of aromatic nitrogens is 2. The number of ether oxygens (including phenoxy) is 1. The number of rotatable bonds is 6. The van der Waals surface area contributed by atoms with Crippen LogP contribution in [-0.4, -0.2) is 67.4 Å². The van der Waals surface area contributed by atoms with Crippen LogP contribution in [0.5, 0.6) is 0 Å². The predicted molar refractivity (Wildman–Crippen MR) is 70.6 cm³/mol. The van der Waals surface area contributed by atoms with Crippen LogP contribution in [0.4, 0.5) is 5.95 Å². The highest BCUT2D eigenvalue weighted by molar-refractivity contribution is 5.29. The molecule has 1 aromatic rings. The van der Waals surface area contributed by atoms with Crippen molar-refractivity contribution < 1.29 is 4.74 Å². The summed E-state index contributed by atoms with van der Waals surface area (Å²) in [5.41, 5.74) is 5.37. The Hall–Kier alpha value is -1.24. The van der Waals surface area contributed by atoms with Crippen molar-refractivity contribution >= 4 is 5.95 Å². The Labute approximate surface area is 108 Å². The van der Waals surface area contributed by atoms with Crippen LogP contribution in [-0.2, 0) is 4.74 Å². The third-order valence-corrected chi connectivity index (χ3v) is 3.02. The fourth-order valence-electron chi connectivity index (χ4n) is 2.01. The smallest absolute Gasteiger partial charge is 0.225 e. The van der Waals surface area contributed by atoms with Gasteiger partial charge in [-0.15, -0.1) is 0 Å². The van der Waals surface area contributed by atoms with Gasteiger partial charge in [-0.3, -0.25) is 4.90 Å². The summed E-state index contributed by atoms with van der Waals surface area (Å²) >= 11 is 0. The first-order valence-electron chi connectivity index (χ1n) is 6.42. The molecule has 2 rings (SSSR count). The van der Waals surface area contributed by atoms with Gasteiger partial charge in [0.05, 0.1) is 13.2 Å². The number of nitrogens with two attached hydrogens (primary N) is 1. The Morgan fingerprint density at radius 3 is 2.50 bits per heavy atom. The van der Waals surface area contributed by atoms with Crippen LogP contribution in [0.3, 0.4) is 0 Å². The number of hydrogen-bond donors (Lipinski definition) is 1. The molecule has 0 saturated carbocycles. The summed E-state index contributed by atoms with van der Waals surface area (Å²) in [6.07, 6.45) is 3.57. The first-order valence-corrected chi connectivity index (χ1v) is 6.42. The zero-order valence-electron chi connectivity index (χ0n) is 10.7. The van der Waals surface area contributed by atoms with Gasteiger partial charge in [0, 0.05) is 51.7 Å². The molecular weight excluding hydrogens is 230 g/mol. The predicted octanol–water partition coefficient (Wildman–Crippen LogP) is -0.426. The first-order chi connectivity index (χ1) is 8.90. The third-order valence-electron chi connectivity index (χ3n) is 3.02. The second-order valence-corrected chi connectivity index (χ2v) is 4.28. The van der Waals surface area contributed by atoms with Crippen LogP contribution in [0, 0.1) is 0 Å². The molecule has 0 amide bonds. The Bertz CT molecular complexity index is 326. The fourth-order valence-corrected chi connectivity index (χ4v) is 2.01. The Morgan fingerprint density at radius 1 is 1.11 bits per heavy atom. The first kappa shape index (κ1) is 13.2. The zero-order valence-corrected chi connectivity index (χ0v) is 10.7. The highest BCUT2D eigenvalue weighted by Gasteiger charge is 2.17. The maximum absolute atomic E-state index is 5.39. The standard InChI is InChI=1S/C12H21N5O/c13-2-10-18-11-9-16-5-7-17(8-6-16)12-14-3-1-4-15-12/h1,3-4H,2,5-11,13H2. The molecule has 6 nitrogen and oxygen atoms in total. The van der Waals surface area contributed by atoms with E-state index in [0.717, 1.165) is 45.3 Å². The molecule has 1 aliphatic heterocycles. The molecule has 1 fully saturated rings. The van der Waals surface area contributed by atoms with Crippen molar-refractivity contribution in [1.82, 2.24) is 14.9 Å². The van der Waals surface area contributed by atoms with Gasteiger partial charge in [-0.1, -0.05) is 0 Å². The average molecular weight is 251 g/mol. The van der Waals surface area contributed by atoms with Crippen LogP contribution in [0.25, 0.3) is 0 Å². The maximum Gasteiger partial charge on any atom is 0.225 e. The molecule has 0 atom stereocenters. The van der Waals surface area contributed by atoms with E-state index in [0.29, 0.717) is 13.2 Å². The van der Waals surface area contributed by atoms with Crippen LogP contribution in [0.1, 0.15) is 0 Å². The molecule has 0 radical (unpaired) electrons. The molecule has 100 valence electrons. The molecule has 1 saturated heterocycles. The zero-order chi connectivity index (χ0) is 12.6. The molecule has 0 aliphatic carbocycles. The Balaban J connectivity index is 1.68. The van der Waals surface area contributed by atoms with Crippen molar-refractivity contribution in [2.45, 2.75) is 0 Å². The summed E-state index contributed by atoms with van der Waals surface area (Å²) < 4.78 is 5.39. The number of anilines is 1. The minimum atomic E-state index is 0.596. The van der Waals surface area contributed by atoms with E-state index in [1.54, 1.807) is 12.4 Å².